The molecule has 6 heteroatoms. The van der Waals surface area contributed by atoms with Gasteiger partial charge in [-0.3, -0.25) is 14.4 Å². The molecule has 0 aliphatic carbocycles. The van der Waals surface area contributed by atoms with Crippen molar-refractivity contribution in [2.24, 2.45) is 0 Å². The lowest BCUT2D eigenvalue weighted by molar-refractivity contribution is -0.166. The first-order valence-corrected chi connectivity index (χ1v) is 20.1. The van der Waals surface area contributed by atoms with Crippen molar-refractivity contribution in [3.63, 3.8) is 0 Å². The Morgan fingerprint density at radius 1 is 0.412 bits per heavy atom. The summed E-state index contributed by atoms with van der Waals surface area (Å²) in [5.74, 6) is -1.09. The predicted molar refractivity (Wildman–Crippen MR) is 214 cm³/mol. The summed E-state index contributed by atoms with van der Waals surface area (Å²) in [7, 11) is 0. The third kappa shape index (κ3) is 37.7. The van der Waals surface area contributed by atoms with Gasteiger partial charge in [-0.1, -0.05) is 144 Å². The van der Waals surface area contributed by atoms with Crippen LogP contribution in [0.3, 0.4) is 0 Å². The van der Waals surface area contributed by atoms with Crippen LogP contribution >= 0.6 is 0 Å². The zero-order chi connectivity index (χ0) is 37.3. The van der Waals surface area contributed by atoms with Crippen molar-refractivity contribution in [1.82, 2.24) is 0 Å². The molecule has 0 bridgehead atoms. The van der Waals surface area contributed by atoms with Crippen LogP contribution < -0.4 is 0 Å². The first-order valence-electron chi connectivity index (χ1n) is 20.1. The monoisotopic (exact) mass is 709 g/mol. The van der Waals surface area contributed by atoms with Crippen LogP contribution in [0.2, 0.25) is 0 Å². The normalized spacial score (nSPS) is 12.9. The number of carbonyl (C=O) groups is 3. The van der Waals surface area contributed by atoms with E-state index in [1.54, 1.807) is 6.08 Å². The summed E-state index contributed by atoms with van der Waals surface area (Å²) in [6.45, 7) is 6.13. The van der Waals surface area contributed by atoms with Gasteiger partial charge in [-0.2, -0.15) is 0 Å². The van der Waals surface area contributed by atoms with E-state index >= 15 is 0 Å². The molecule has 0 rings (SSSR count). The number of hydrogen-bond acceptors (Lipinski definition) is 6. The number of hydrogen-bond donors (Lipinski definition) is 0. The highest BCUT2D eigenvalue weighted by Crippen LogP contribution is 2.11. The molecule has 0 fully saturated rings. The zero-order valence-corrected chi connectivity index (χ0v) is 32.6. The molecular weight excluding hydrogens is 636 g/mol. The third-order valence-corrected chi connectivity index (χ3v) is 7.91. The quantitative estimate of drug-likeness (QED) is 0.0286. The fourth-order valence-electron chi connectivity index (χ4n) is 4.99. The van der Waals surface area contributed by atoms with Gasteiger partial charge in [0.15, 0.2) is 6.10 Å². The van der Waals surface area contributed by atoms with Crippen LogP contribution in [-0.2, 0) is 28.6 Å². The molecule has 51 heavy (non-hydrogen) atoms. The third-order valence-electron chi connectivity index (χ3n) is 7.91. The maximum atomic E-state index is 12.6. The molecule has 0 spiro atoms. The lowest BCUT2D eigenvalue weighted by atomic mass is 10.1. The Hall–Kier alpha value is -3.41. The summed E-state index contributed by atoms with van der Waals surface area (Å²) in [6, 6.07) is 0. The standard InChI is InChI=1S/C45H72O6/c1-4-7-10-13-16-19-21-23-26-29-32-35-38-44(47)50-41-42(40-49-43(46)37-34-31-28-25-18-15-12-9-6-3)51-45(48)39-36-33-30-27-24-22-20-17-14-11-8-5-2/h7-12,16-20,25,31,34,42H,4-6,13-15,21-24,26-30,32-33,35-41H2,1-3H3/b10-7-,11-8-,12-9-,19-16-,20-17-,25-18-,34-31-. The van der Waals surface area contributed by atoms with E-state index in [2.05, 4.69) is 93.7 Å². The van der Waals surface area contributed by atoms with Gasteiger partial charge >= 0.3 is 17.9 Å². The maximum absolute atomic E-state index is 12.6. The van der Waals surface area contributed by atoms with Crippen molar-refractivity contribution in [3.8, 4) is 0 Å². The highest BCUT2D eigenvalue weighted by molar-refractivity contribution is 5.72. The van der Waals surface area contributed by atoms with E-state index in [-0.39, 0.29) is 38.0 Å². The smallest absolute Gasteiger partial charge is 0.309 e. The summed E-state index contributed by atoms with van der Waals surface area (Å²) in [6.07, 6.45) is 48.9. The van der Waals surface area contributed by atoms with Gasteiger partial charge in [-0.25, -0.2) is 0 Å². The van der Waals surface area contributed by atoms with E-state index in [0.29, 0.717) is 6.42 Å². The largest absolute Gasteiger partial charge is 0.462 e. The van der Waals surface area contributed by atoms with Crippen LogP contribution in [0.25, 0.3) is 0 Å². The molecule has 1 atom stereocenters. The van der Waals surface area contributed by atoms with Gasteiger partial charge in [0.1, 0.15) is 13.2 Å². The number of esters is 3. The summed E-state index contributed by atoms with van der Waals surface area (Å²) in [4.78, 5) is 37.4. The van der Waals surface area contributed by atoms with E-state index < -0.39 is 12.1 Å². The number of unbranched alkanes of at least 4 members (excludes halogenated alkanes) is 10. The first kappa shape index (κ1) is 47.6. The minimum atomic E-state index is -0.821. The van der Waals surface area contributed by atoms with Crippen LogP contribution in [0.5, 0.6) is 0 Å². The number of carbonyl (C=O) groups excluding carboxylic acids is 3. The molecule has 0 aromatic rings. The van der Waals surface area contributed by atoms with Crippen molar-refractivity contribution < 1.29 is 28.6 Å². The Balaban J connectivity index is 4.52. The van der Waals surface area contributed by atoms with Gasteiger partial charge in [0.25, 0.3) is 0 Å². The topological polar surface area (TPSA) is 78.9 Å². The highest BCUT2D eigenvalue weighted by atomic mass is 16.6. The van der Waals surface area contributed by atoms with Crippen LogP contribution in [0.4, 0.5) is 0 Å². The molecule has 0 saturated heterocycles. The molecule has 0 amide bonds. The summed E-state index contributed by atoms with van der Waals surface area (Å²) >= 11 is 0. The molecule has 0 saturated carbocycles. The zero-order valence-electron chi connectivity index (χ0n) is 32.6. The second kappa shape index (κ2) is 39.4. The molecule has 0 aliphatic rings. The minimum absolute atomic E-state index is 0.119. The Morgan fingerprint density at radius 3 is 1.27 bits per heavy atom. The Bertz CT molecular complexity index is 1040. The van der Waals surface area contributed by atoms with Crippen molar-refractivity contribution in [2.45, 2.75) is 168 Å². The molecule has 0 aliphatic heterocycles. The SMILES string of the molecule is CC/C=C\C/C=C\C/C=C\CC(=O)OCC(COC(=O)CCCCCCC/C=C\C/C=C\CC)OC(=O)CCCCCCC/C=C\C/C=C\CC. The van der Waals surface area contributed by atoms with Crippen molar-refractivity contribution in [3.05, 3.63) is 85.1 Å². The lowest BCUT2D eigenvalue weighted by Crippen LogP contribution is -2.30. The summed E-state index contributed by atoms with van der Waals surface area (Å²) in [5, 5.41) is 0. The van der Waals surface area contributed by atoms with Gasteiger partial charge in [-0.05, 0) is 83.5 Å². The number of allylic oxidation sites excluding steroid dienone is 13. The second-order valence-corrected chi connectivity index (χ2v) is 12.8. The van der Waals surface area contributed by atoms with Crippen molar-refractivity contribution >= 4 is 17.9 Å². The average molecular weight is 709 g/mol. The fraction of sp³-hybridized carbons (Fsp3) is 0.622. The van der Waals surface area contributed by atoms with Gasteiger partial charge in [0.05, 0.1) is 6.42 Å². The van der Waals surface area contributed by atoms with Gasteiger partial charge in [-0.15, -0.1) is 0 Å². The fourth-order valence-corrected chi connectivity index (χ4v) is 4.99. The molecule has 6 nitrogen and oxygen atoms in total. The van der Waals surface area contributed by atoms with Gasteiger partial charge < -0.3 is 14.2 Å². The van der Waals surface area contributed by atoms with Gasteiger partial charge in [0, 0.05) is 12.8 Å². The number of rotatable bonds is 34. The molecule has 0 radical (unpaired) electrons. The Morgan fingerprint density at radius 2 is 0.784 bits per heavy atom. The van der Waals surface area contributed by atoms with E-state index in [1.165, 1.54) is 0 Å². The van der Waals surface area contributed by atoms with Crippen molar-refractivity contribution in [1.29, 1.82) is 0 Å². The van der Waals surface area contributed by atoms with E-state index in [4.69, 9.17) is 14.2 Å². The van der Waals surface area contributed by atoms with Gasteiger partial charge in [0.2, 0.25) is 0 Å². The Kier molecular flexibility index (Phi) is 36.7. The van der Waals surface area contributed by atoms with Crippen LogP contribution in [0, 0.1) is 0 Å². The van der Waals surface area contributed by atoms with Crippen LogP contribution in [-0.4, -0.2) is 37.2 Å². The summed E-state index contributed by atoms with van der Waals surface area (Å²) in [5.41, 5.74) is 0. The second-order valence-electron chi connectivity index (χ2n) is 12.8. The molecule has 0 heterocycles. The summed E-state index contributed by atoms with van der Waals surface area (Å²) < 4.78 is 16.5. The van der Waals surface area contributed by atoms with E-state index in [9.17, 15) is 14.4 Å². The van der Waals surface area contributed by atoms with Crippen LogP contribution in [0.15, 0.2) is 85.1 Å². The predicted octanol–water partition coefficient (Wildman–Crippen LogP) is 12.5. The number of ether oxygens (including phenoxy) is 3. The van der Waals surface area contributed by atoms with E-state index in [1.807, 2.05) is 6.08 Å². The maximum Gasteiger partial charge on any atom is 0.309 e. The van der Waals surface area contributed by atoms with E-state index in [0.717, 1.165) is 122 Å². The molecule has 0 N–H and O–H groups in total. The molecule has 0 aromatic carbocycles. The minimum Gasteiger partial charge on any atom is -0.462 e. The average Bonchev–Trinajstić information content (AvgIpc) is 3.12. The molecule has 0 aromatic heterocycles. The van der Waals surface area contributed by atoms with Crippen LogP contribution in [0.1, 0.15) is 162 Å². The molecule has 1 unspecified atom stereocenters. The van der Waals surface area contributed by atoms with Crippen molar-refractivity contribution in [2.75, 3.05) is 13.2 Å². The highest BCUT2D eigenvalue weighted by Gasteiger charge is 2.19. The molecular formula is C45H72O6. The molecule has 288 valence electrons. The lowest BCUT2D eigenvalue weighted by Gasteiger charge is -2.18. The first-order chi connectivity index (χ1) is 25.0. The Labute approximate surface area is 312 Å².